The van der Waals surface area contributed by atoms with Crippen LogP contribution in [0.1, 0.15) is 52.4 Å². The molecule has 0 aromatic heterocycles. The van der Waals surface area contributed by atoms with E-state index in [9.17, 15) is 4.79 Å². The molecule has 0 aliphatic heterocycles. The molecule has 1 N–H and O–H groups in total. The smallest absolute Gasteiger partial charge is 0.407 e. The molecule has 16 heavy (non-hydrogen) atoms. The number of alkyl carbamates (subject to hydrolysis) is 1. The Kier molecular flexibility index (Phi) is 5.64. The molecular formula is C13H25NO2. The number of amides is 1. The fourth-order valence-corrected chi connectivity index (χ4v) is 2.52. The van der Waals surface area contributed by atoms with Crippen molar-refractivity contribution in [3.63, 3.8) is 0 Å². The second-order valence-electron chi connectivity index (χ2n) is 4.77. The fourth-order valence-electron chi connectivity index (χ4n) is 2.52. The van der Waals surface area contributed by atoms with E-state index >= 15 is 0 Å². The Hall–Kier alpha value is -0.730. The van der Waals surface area contributed by atoms with Crippen molar-refractivity contribution < 1.29 is 9.53 Å². The number of methoxy groups -OCH3 is 1. The van der Waals surface area contributed by atoms with Crippen molar-refractivity contribution in [2.75, 3.05) is 7.11 Å². The van der Waals surface area contributed by atoms with Crippen LogP contribution in [0.5, 0.6) is 0 Å². The first-order chi connectivity index (χ1) is 7.74. The molecule has 1 amide bonds. The van der Waals surface area contributed by atoms with E-state index in [0.29, 0.717) is 17.9 Å². The van der Waals surface area contributed by atoms with Crippen molar-refractivity contribution in [3.8, 4) is 0 Å². The van der Waals surface area contributed by atoms with Crippen LogP contribution >= 0.6 is 0 Å². The van der Waals surface area contributed by atoms with Crippen LogP contribution in [0.3, 0.4) is 0 Å². The van der Waals surface area contributed by atoms with E-state index in [4.69, 9.17) is 0 Å². The number of hydrogen-bond acceptors (Lipinski definition) is 2. The van der Waals surface area contributed by atoms with Gasteiger partial charge in [-0.15, -0.1) is 0 Å². The third-order valence-electron chi connectivity index (χ3n) is 3.58. The van der Waals surface area contributed by atoms with Crippen LogP contribution in [-0.2, 0) is 4.74 Å². The largest absolute Gasteiger partial charge is 0.453 e. The molecule has 94 valence electrons. The van der Waals surface area contributed by atoms with Gasteiger partial charge in [0, 0.05) is 6.04 Å². The molecule has 1 rings (SSSR count). The molecule has 1 aliphatic carbocycles. The average Bonchev–Trinajstić information content (AvgIpc) is 2.95. The monoisotopic (exact) mass is 227 g/mol. The van der Waals surface area contributed by atoms with E-state index in [1.807, 2.05) is 0 Å². The Morgan fingerprint density at radius 1 is 1.12 bits per heavy atom. The van der Waals surface area contributed by atoms with Gasteiger partial charge in [0.1, 0.15) is 0 Å². The quantitative estimate of drug-likeness (QED) is 0.724. The molecule has 0 aromatic rings. The van der Waals surface area contributed by atoms with E-state index in [0.717, 1.165) is 0 Å². The molecule has 0 radical (unpaired) electrons. The highest BCUT2D eigenvalue weighted by molar-refractivity contribution is 5.68. The van der Waals surface area contributed by atoms with Gasteiger partial charge in [0.15, 0.2) is 0 Å². The van der Waals surface area contributed by atoms with Gasteiger partial charge < -0.3 is 10.1 Å². The van der Waals surface area contributed by atoms with Gasteiger partial charge in [0.25, 0.3) is 0 Å². The standard InChI is InChI=1S/C13H25NO2/c1-4-6-8-10-11(9-7-5-2)12(10)14-13(15)16-3/h10-12H,4-9H2,1-3H3,(H,14,15)/t10-,11-/m0/s1. The van der Waals surface area contributed by atoms with E-state index in [-0.39, 0.29) is 6.09 Å². The van der Waals surface area contributed by atoms with E-state index in [1.165, 1.54) is 45.6 Å². The molecule has 3 nitrogen and oxygen atoms in total. The Bertz CT molecular complexity index is 204. The summed E-state index contributed by atoms with van der Waals surface area (Å²) in [6.07, 6.45) is 7.24. The van der Waals surface area contributed by atoms with Gasteiger partial charge in [-0.25, -0.2) is 4.79 Å². The van der Waals surface area contributed by atoms with Gasteiger partial charge in [-0.2, -0.15) is 0 Å². The minimum absolute atomic E-state index is 0.273. The van der Waals surface area contributed by atoms with Crippen LogP contribution in [0, 0.1) is 11.8 Å². The molecule has 0 bridgehead atoms. The maximum Gasteiger partial charge on any atom is 0.407 e. The molecule has 2 atom stereocenters. The lowest BCUT2D eigenvalue weighted by Crippen LogP contribution is -2.27. The Labute approximate surface area is 98.9 Å². The zero-order valence-corrected chi connectivity index (χ0v) is 10.8. The molecule has 3 heteroatoms. The molecule has 0 aromatic carbocycles. The van der Waals surface area contributed by atoms with Crippen molar-refractivity contribution in [1.82, 2.24) is 5.32 Å². The number of rotatable bonds is 7. The maximum atomic E-state index is 11.2. The summed E-state index contributed by atoms with van der Waals surface area (Å²) in [6, 6.07) is 0.380. The lowest BCUT2D eigenvalue weighted by atomic mass is 10.1. The van der Waals surface area contributed by atoms with Crippen LogP contribution in [-0.4, -0.2) is 19.2 Å². The number of carbonyl (C=O) groups excluding carboxylic acids is 1. The van der Waals surface area contributed by atoms with Gasteiger partial charge in [-0.3, -0.25) is 0 Å². The first-order valence-corrected chi connectivity index (χ1v) is 6.59. The Balaban J connectivity index is 2.31. The normalized spacial score (nSPS) is 27.6. The summed E-state index contributed by atoms with van der Waals surface area (Å²) in [7, 11) is 1.43. The molecule has 0 saturated heterocycles. The highest BCUT2D eigenvalue weighted by Crippen LogP contribution is 2.46. The summed E-state index contributed by atoms with van der Waals surface area (Å²) in [5.74, 6) is 1.40. The summed E-state index contributed by atoms with van der Waals surface area (Å²) < 4.78 is 4.66. The second kappa shape index (κ2) is 6.77. The molecule has 0 spiro atoms. The lowest BCUT2D eigenvalue weighted by Gasteiger charge is -2.02. The molecule has 1 saturated carbocycles. The van der Waals surface area contributed by atoms with Crippen LogP contribution < -0.4 is 5.32 Å². The van der Waals surface area contributed by atoms with Crippen molar-refractivity contribution in [1.29, 1.82) is 0 Å². The number of carbonyl (C=O) groups is 1. The number of hydrogen-bond donors (Lipinski definition) is 1. The minimum Gasteiger partial charge on any atom is -0.453 e. The van der Waals surface area contributed by atoms with Crippen molar-refractivity contribution >= 4 is 6.09 Å². The third-order valence-corrected chi connectivity index (χ3v) is 3.58. The summed E-state index contributed by atoms with van der Waals surface area (Å²) >= 11 is 0. The molecule has 1 fully saturated rings. The number of unbranched alkanes of at least 4 members (excludes halogenated alkanes) is 2. The summed E-state index contributed by atoms with van der Waals surface area (Å²) in [5, 5.41) is 2.96. The third kappa shape index (κ3) is 3.69. The highest BCUT2D eigenvalue weighted by atomic mass is 16.5. The van der Waals surface area contributed by atoms with Crippen molar-refractivity contribution in [3.05, 3.63) is 0 Å². The Morgan fingerprint density at radius 2 is 1.62 bits per heavy atom. The number of nitrogens with one attached hydrogen (secondary N) is 1. The van der Waals surface area contributed by atoms with Gasteiger partial charge in [0.2, 0.25) is 0 Å². The van der Waals surface area contributed by atoms with Crippen molar-refractivity contribution in [2.45, 2.75) is 58.4 Å². The number of ether oxygens (including phenoxy) is 1. The topological polar surface area (TPSA) is 38.3 Å². The van der Waals surface area contributed by atoms with Gasteiger partial charge >= 0.3 is 6.09 Å². The van der Waals surface area contributed by atoms with Crippen LogP contribution in [0.2, 0.25) is 0 Å². The fraction of sp³-hybridized carbons (Fsp3) is 0.923. The van der Waals surface area contributed by atoms with E-state index in [2.05, 4.69) is 23.9 Å². The van der Waals surface area contributed by atoms with Crippen molar-refractivity contribution in [2.24, 2.45) is 11.8 Å². The maximum absolute atomic E-state index is 11.2. The SMILES string of the molecule is CCCC[C@@H]1C(NC(=O)OC)[C@H]1CCCC. The summed E-state index contributed by atoms with van der Waals surface area (Å²) in [4.78, 5) is 11.2. The first kappa shape index (κ1) is 13.3. The zero-order valence-electron chi connectivity index (χ0n) is 10.8. The zero-order chi connectivity index (χ0) is 12.0. The average molecular weight is 227 g/mol. The summed E-state index contributed by atoms with van der Waals surface area (Å²) in [6.45, 7) is 4.43. The van der Waals surface area contributed by atoms with Gasteiger partial charge in [-0.1, -0.05) is 39.5 Å². The predicted octanol–water partition coefficient (Wildman–Crippen LogP) is 3.34. The van der Waals surface area contributed by atoms with Gasteiger partial charge in [-0.05, 0) is 24.7 Å². The molecule has 1 aliphatic rings. The van der Waals surface area contributed by atoms with Gasteiger partial charge in [0.05, 0.1) is 7.11 Å². The molecular weight excluding hydrogens is 202 g/mol. The van der Waals surface area contributed by atoms with Crippen LogP contribution in [0.15, 0.2) is 0 Å². The first-order valence-electron chi connectivity index (χ1n) is 6.59. The van der Waals surface area contributed by atoms with Crippen LogP contribution in [0.4, 0.5) is 4.79 Å². The molecule has 0 unspecified atom stereocenters. The predicted molar refractivity (Wildman–Crippen MR) is 65.4 cm³/mol. The van der Waals surface area contributed by atoms with Crippen LogP contribution in [0.25, 0.3) is 0 Å². The Morgan fingerprint density at radius 3 is 2.00 bits per heavy atom. The summed E-state index contributed by atoms with van der Waals surface area (Å²) in [5.41, 5.74) is 0. The molecule has 0 heterocycles. The lowest BCUT2D eigenvalue weighted by molar-refractivity contribution is 0.169. The minimum atomic E-state index is -0.273. The van der Waals surface area contributed by atoms with E-state index in [1.54, 1.807) is 0 Å². The van der Waals surface area contributed by atoms with E-state index < -0.39 is 0 Å². The highest BCUT2D eigenvalue weighted by Gasteiger charge is 2.49. The second-order valence-corrected chi connectivity index (χ2v) is 4.77.